The van der Waals surface area contributed by atoms with Crippen LogP contribution in [0.5, 0.6) is 0 Å². The van der Waals surface area contributed by atoms with E-state index in [9.17, 15) is 18.0 Å². The number of hydrogen-bond donors (Lipinski definition) is 1. The van der Waals surface area contributed by atoms with Crippen LogP contribution in [0.2, 0.25) is 0 Å². The van der Waals surface area contributed by atoms with E-state index in [0.717, 1.165) is 4.90 Å². The first kappa shape index (κ1) is 15.9. The summed E-state index contributed by atoms with van der Waals surface area (Å²) >= 11 is 3.14. The molecule has 0 aromatic carbocycles. The lowest BCUT2D eigenvalue weighted by atomic mass is 10.1. The minimum absolute atomic E-state index is 0.0281. The minimum Gasteiger partial charge on any atom is -0.480 e. The Hall–Kier alpha value is -1.48. The summed E-state index contributed by atoms with van der Waals surface area (Å²) in [6.45, 7) is -0.533. The molecule has 1 saturated heterocycles. The number of aromatic nitrogens is 1. The Bertz CT molecular complexity index is 659. The Morgan fingerprint density at radius 3 is 2.62 bits per heavy atom. The Kier molecular flexibility index (Phi) is 4.62. The zero-order chi connectivity index (χ0) is 15.6. The van der Waals surface area contributed by atoms with Gasteiger partial charge in [-0.2, -0.15) is 0 Å². The Balaban J connectivity index is 2.25. The van der Waals surface area contributed by atoms with Crippen LogP contribution >= 0.6 is 15.9 Å². The molecule has 1 N–H and O–H groups in total. The molecule has 2 heterocycles. The second-order valence-electron chi connectivity index (χ2n) is 4.75. The van der Waals surface area contributed by atoms with Crippen LogP contribution in [0.1, 0.15) is 16.8 Å². The lowest BCUT2D eigenvalue weighted by molar-refractivity contribution is -0.138. The van der Waals surface area contributed by atoms with Gasteiger partial charge in [0.1, 0.15) is 11.1 Å². The summed E-state index contributed by atoms with van der Waals surface area (Å²) < 4.78 is 23.6. The van der Waals surface area contributed by atoms with Crippen LogP contribution in [0.25, 0.3) is 0 Å². The van der Waals surface area contributed by atoms with E-state index in [1.807, 2.05) is 0 Å². The van der Waals surface area contributed by atoms with Crippen LogP contribution in [0.15, 0.2) is 22.9 Å². The van der Waals surface area contributed by atoms with E-state index in [0.29, 0.717) is 4.60 Å². The molecule has 1 atom stereocenters. The van der Waals surface area contributed by atoms with E-state index in [4.69, 9.17) is 5.11 Å². The van der Waals surface area contributed by atoms with Gasteiger partial charge in [-0.3, -0.25) is 9.59 Å². The molecule has 2 rings (SSSR count). The first-order chi connectivity index (χ1) is 9.78. The summed E-state index contributed by atoms with van der Waals surface area (Å²) in [7, 11) is -3.21. The van der Waals surface area contributed by atoms with E-state index in [-0.39, 0.29) is 23.5 Å². The summed E-state index contributed by atoms with van der Waals surface area (Å²) in [6, 6.07) is 2.47. The van der Waals surface area contributed by atoms with E-state index >= 15 is 0 Å². The number of carbonyl (C=O) groups is 2. The van der Waals surface area contributed by atoms with Crippen LogP contribution < -0.4 is 0 Å². The first-order valence-corrected chi connectivity index (χ1v) is 8.75. The summed E-state index contributed by atoms with van der Waals surface area (Å²) in [4.78, 5) is 28.4. The third-order valence-corrected chi connectivity index (χ3v) is 5.41. The van der Waals surface area contributed by atoms with Crippen molar-refractivity contribution in [2.75, 3.05) is 18.1 Å². The highest BCUT2D eigenvalue weighted by atomic mass is 79.9. The molecule has 114 valence electrons. The van der Waals surface area contributed by atoms with E-state index < -0.39 is 34.3 Å². The Morgan fingerprint density at radius 2 is 2.14 bits per heavy atom. The van der Waals surface area contributed by atoms with Gasteiger partial charge in [0.2, 0.25) is 0 Å². The van der Waals surface area contributed by atoms with Gasteiger partial charge in [0.15, 0.2) is 9.84 Å². The van der Waals surface area contributed by atoms with Gasteiger partial charge in [0.25, 0.3) is 5.91 Å². The standard InChI is InChI=1S/C12H13BrN2O5S/c13-10-2-1-8(5-14-10)12(18)15(6-11(16)17)9-3-4-21(19,20)7-9/h1-2,5,9H,3-4,6-7H2,(H,16,17). The number of pyridine rings is 1. The van der Waals surface area contributed by atoms with Gasteiger partial charge in [0.05, 0.1) is 17.1 Å². The Labute approximate surface area is 130 Å². The fraction of sp³-hybridized carbons (Fsp3) is 0.417. The molecule has 1 amide bonds. The largest absolute Gasteiger partial charge is 0.480 e. The molecule has 9 heteroatoms. The van der Waals surface area contributed by atoms with Crippen LogP contribution in [0, 0.1) is 0 Å². The molecular weight excluding hydrogens is 364 g/mol. The van der Waals surface area contributed by atoms with Crippen molar-refractivity contribution in [2.24, 2.45) is 0 Å². The molecule has 1 fully saturated rings. The molecular formula is C12H13BrN2O5S. The smallest absolute Gasteiger partial charge is 0.323 e. The molecule has 1 aliphatic heterocycles. The number of hydrogen-bond acceptors (Lipinski definition) is 5. The van der Waals surface area contributed by atoms with Crippen molar-refractivity contribution in [3.63, 3.8) is 0 Å². The molecule has 1 aliphatic rings. The van der Waals surface area contributed by atoms with Gasteiger partial charge in [-0.05, 0) is 34.5 Å². The number of aliphatic carboxylic acids is 1. The monoisotopic (exact) mass is 376 g/mol. The van der Waals surface area contributed by atoms with Crippen LogP contribution in [0.3, 0.4) is 0 Å². The van der Waals surface area contributed by atoms with Crippen LogP contribution in [-0.4, -0.2) is 59.4 Å². The zero-order valence-electron chi connectivity index (χ0n) is 10.9. The summed E-state index contributed by atoms with van der Waals surface area (Å²) in [5, 5.41) is 8.95. The van der Waals surface area contributed by atoms with Crippen LogP contribution in [-0.2, 0) is 14.6 Å². The van der Waals surface area contributed by atoms with Gasteiger partial charge < -0.3 is 10.0 Å². The fourth-order valence-corrected chi connectivity index (χ4v) is 4.17. The number of carboxylic acids is 1. The van der Waals surface area contributed by atoms with E-state index in [2.05, 4.69) is 20.9 Å². The van der Waals surface area contributed by atoms with Gasteiger partial charge in [-0.25, -0.2) is 13.4 Å². The van der Waals surface area contributed by atoms with Gasteiger partial charge in [0, 0.05) is 12.2 Å². The average Bonchev–Trinajstić information content (AvgIpc) is 2.76. The molecule has 0 radical (unpaired) electrons. The lowest BCUT2D eigenvalue weighted by Crippen LogP contribution is -2.44. The van der Waals surface area contributed by atoms with Crippen molar-refractivity contribution in [3.05, 3.63) is 28.5 Å². The van der Waals surface area contributed by atoms with Gasteiger partial charge in [-0.1, -0.05) is 0 Å². The molecule has 1 aromatic heterocycles. The third kappa shape index (κ3) is 4.01. The SMILES string of the molecule is O=C(O)CN(C(=O)c1ccc(Br)nc1)C1CCS(=O)(=O)C1. The van der Waals surface area contributed by atoms with Crippen molar-refractivity contribution < 1.29 is 23.1 Å². The van der Waals surface area contributed by atoms with Crippen molar-refractivity contribution >= 4 is 37.6 Å². The van der Waals surface area contributed by atoms with E-state index in [1.165, 1.54) is 12.3 Å². The predicted octanol–water partition coefficient (Wildman–Crippen LogP) is 0.558. The second-order valence-corrected chi connectivity index (χ2v) is 7.79. The average molecular weight is 377 g/mol. The first-order valence-electron chi connectivity index (χ1n) is 6.13. The summed E-state index contributed by atoms with van der Waals surface area (Å²) in [5.41, 5.74) is 0.226. The normalized spacial score (nSPS) is 20.1. The number of carboxylic acid groups (broad SMARTS) is 1. The lowest BCUT2D eigenvalue weighted by Gasteiger charge is -2.26. The Morgan fingerprint density at radius 1 is 1.43 bits per heavy atom. The molecule has 1 aromatic rings. The quantitative estimate of drug-likeness (QED) is 0.769. The van der Waals surface area contributed by atoms with E-state index in [1.54, 1.807) is 6.07 Å². The number of halogens is 1. The van der Waals surface area contributed by atoms with Crippen molar-refractivity contribution in [1.82, 2.24) is 9.88 Å². The number of sulfone groups is 1. The van der Waals surface area contributed by atoms with Crippen molar-refractivity contribution in [1.29, 1.82) is 0 Å². The molecule has 0 bridgehead atoms. The summed E-state index contributed by atoms with van der Waals surface area (Å²) in [6.07, 6.45) is 1.58. The molecule has 0 spiro atoms. The molecule has 0 aliphatic carbocycles. The zero-order valence-corrected chi connectivity index (χ0v) is 13.3. The number of rotatable bonds is 4. The topological polar surface area (TPSA) is 105 Å². The maximum Gasteiger partial charge on any atom is 0.323 e. The molecule has 7 nitrogen and oxygen atoms in total. The van der Waals surface area contributed by atoms with Crippen molar-refractivity contribution in [3.8, 4) is 0 Å². The van der Waals surface area contributed by atoms with Gasteiger partial charge in [-0.15, -0.1) is 0 Å². The fourth-order valence-electron chi connectivity index (χ4n) is 2.20. The van der Waals surface area contributed by atoms with Gasteiger partial charge >= 0.3 is 5.97 Å². The van der Waals surface area contributed by atoms with Crippen LogP contribution in [0.4, 0.5) is 0 Å². The number of nitrogens with zero attached hydrogens (tertiary/aromatic N) is 2. The number of carbonyl (C=O) groups excluding carboxylic acids is 1. The predicted molar refractivity (Wildman–Crippen MR) is 77.7 cm³/mol. The summed E-state index contributed by atoms with van der Waals surface area (Å²) in [5.74, 6) is -1.94. The molecule has 1 unspecified atom stereocenters. The van der Waals surface area contributed by atoms with Crippen molar-refractivity contribution in [2.45, 2.75) is 12.5 Å². The minimum atomic E-state index is -3.21. The maximum atomic E-state index is 12.4. The highest BCUT2D eigenvalue weighted by Crippen LogP contribution is 2.20. The molecule has 21 heavy (non-hydrogen) atoms. The highest BCUT2D eigenvalue weighted by Gasteiger charge is 2.36. The molecule has 0 saturated carbocycles. The number of amides is 1. The third-order valence-electron chi connectivity index (χ3n) is 3.19. The second kappa shape index (κ2) is 6.10. The highest BCUT2D eigenvalue weighted by molar-refractivity contribution is 9.10. The maximum absolute atomic E-state index is 12.4.